The van der Waals surface area contributed by atoms with Crippen LogP contribution in [-0.2, 0) is 13.0 Å². The molecule has 21 heavy (non-hydrogen) atoms. The van der Waals surface area contributed by atoms with Gasteiger partial charge in [-0.15, -0.1) is 11.3 Å². The van der Waals surface area contributed by atoms with Gasteiger partial charge in [0.2, 0.25) is 0 Å². The first kappa shape index (κ1) is 14.4. The first-order chi connectivity index (χ1) is 10.2. The van der Waals surface area contributed by atoms with Crippen molar-refractivity contribution in [2.45, 2.75) is 40.2 Å². The summed E-state index contributed by atoms with van der Waals surface area (Å²) in [6.45, 7) is 7.44. The van der Waals surface area contributed by atoms with Crippen molar-refractivity contribution in [3.05, 3.63) is 45.3 Å². The summed E-state index contributed by atoms with van der Waals surface area (Å²) in [4.78, 5) is 6.19. The van der Waals surface area contributed by atoms with E-state index >= 15 is 0 Å². The van der Waals surface area contributed by atoms with Crippen molar-refractivity contribution in [3.63, 3.8) is 0 Å². The molecular weight excluding hydrogens is 275 g/mol. The first-order valence-electron chi connectivity index (χ1n) is 7.58. The maximum atomic E-state index is 4.83. The predicted molar refractivity (Wildman–Crippen MR) is 93.5 cm³/mol. The standard InChI is InChI=1S/C17H20BN2S/c1-4-12-9-15(19-10-13-7-6-8-21-13)16-17(20-12)11(3)14(5-2)18-16/h6-9H,4-5,10H2,1-3H3,(H,19,20). The highest BCUT2D eigenvalue weighted by Crippen LogP contribution is 2.27. The molecule has 3 heterocycles. The minimum atomic E-state index is 0.881. The molecule has 0 saturated carbocycles. The smallest absolute Gasteiger partial charge is 0.191 e. The molecule has 0 saturated heterocycles. The summed E-state index contributed by atoms with van der Waals surface area (Å²) in [6, 6.07) is 6.47. The largest absolute Gasteiger partial charge is 0.380 e. The van der Waals surface area contributed by atoms with Crippen LogP contribution in [-0.4, -0.2) is 12.3 Å². The molecule has 107 valence electrons. The fraction of sp³-hybridized carbons (Fsp3) is 0.353. The van der Waals surface area contributed by atoms with Crippen LogP contribution in [0.5, 0.6) is 0 Å². The Balaban J connectivity index is 1.92. The molecule has 1 N–H and O–H groups in total. The highest BCUT2D eigenvalue weighted by molar-refractivity contribution is 7.09. The number of nitrogens with zero attached hydrogens (tertiary/aromatic N) is 1. The van der Waals surface area contributed by atoms with Crippen molar-refractivity contribution in [1.82, 2.24) is 4.98 Å². The Labute approximate surface area is 131 Å². The number of hydrogen-bond donors (Lipinski definition) is 1. The van der Waals surface area contributed by atoms with Gasteiger partial charge in [-0.25, -0.2) is 0 Å². The second-order valence-corrected chi connectivity index (χ2v) is 6.39. The summed E-state index contributed by atoms with van der Waals surface area (Å²) in [5.74, 6) is 0. The zero-order chi connectivity index (χ0) is 14.8. The Bertz CT molecular complexity index is 674. The van der Waals surface area contributed by atoms with Crippen molar-refractivity contribution in [3.8, 4) is 0 Å². The van der Waals surface area contributed by atoms with Gasteiger partial charge in [-0.1, -0.05) is 25.4 Å². The SMILES string of the molecule is CCC1=C(C)c2nc(CC)cc(NCc3cccs3)c2[B]1. The molecule has 0 bridgehead atoms. The van der Waals surface area contributed by atoms with Crippen LogP contribution in [0.2, 0.25) is 0 Å². The summed E-state index contributed by atoms with van der Waals surface area (Å²) < 4.78 is 0. The lowest BCUT2D eigenvalue weighted by Crippen LogP contribution is -2.21. The van der Waals surface area contributed by atoms with Crippen LogP contribution in [0.1, 0.15) is 43.5 Å². The van der Waals surface area contributed by atoms with E-state index in [-0.39, 0.29) is 0 Å². The Morgan fingerprint density at radius 2 is 2.14 bits per heavy atom. The molecule has 0 spiro atoms. The fourth-order valence-electron chi connectivity index (χ4n) is 2.76. The van der Waals surface area contributed by atoms with Gasteiger partial charge < -0.3 is 5.32 Å². The van der Waals surface area contributed by atoms with Gasteiger partial charge in [0.05, 0.1) is 5.69 Å². The third-order valence-electron chi connectivity index (χ3n) is 4.04. The van der Waals surface area contributed by atoms with E-state index in [1.807, 2.05) is 0 Å². The van der Waals surface area contributed by atoms with Gasteiger partial charge >= 0.3 is 0 Å². The highest BCUT2D eigenvalue weighted by atomic mass is 32.1. The molecule has 0 aromatic carbocycles. The van der Waals surface area contributed by atoms with Gasteiger partial charge in [0, 0.05) is 22.8 Å². The van der Waals surface area contributed by atoms with Gasteiger partial charge in [0.15, 0.2) is 7.28 Å². The van der Waals surface area contributed by atoms with Crippen molar-refractivity contribution in [1.29, 1.82) is 0 Å². The van der Waals surface area contributed by atoms with E-state index in [4.69, 9.17) is 4.98 Å². The molecule has 0 unspecified atom stereocenters. The lowest BCUT2D eigenvalue weighted by Gasteiger charge is -2.13. The molecule has 3 rings (SSSR count). The van der Waals surface area contributed by atoms with Gasteiger partial charge in [-0.05, 0) is 48.3 Å². The lowest BCUT2D eigenvalue weighted by atomic mass is 9.65. The Hall–Kier alpha value is -1.55. The zero-order valence-corrected chi connectivity index (χ0v) is 13.7. The number of aromatic nitrogens is 1. The number of allylic oxidation sites excluding steroid dienone is 2. The Kier molecular flexibility index (Phi) is 4.16. The van der Waals surface area contributed by atoms with Crippen LogP contribution in [0, 0.1) is 0 Å². The average molecular weight is 295 g/mol. The number of anilines is 1. The minimum Gasteiger partial charge on any atom is -0.380 e. The molecule has 1 aliphatic heterocycles. The third kappa shape index (κ3) is 2.77. The van der Waals surface area contributed by atoms with Crippen molar-refractivity contribution in [2.24, 2.45) is 0 Å². The Morgan fingerprint density at radius 1 is 1.29 bits per heavy atom. The molecule has 2 nitrogen and oxygen atoms in total. The molecule has 4 heteroatoms. The van der Waals surface area contributed by atoms with Crippen LogP contribution in [0.4, 0.5) is 5.69 Å². The second-order valence-electron chi connectivity index (χ2n) is 5.36. The normalized spacial score (nSPS) is 13.3. The highest BCUT2D eigenvalue weighted by Gasteiger charge is 2.23. The molecule has 0 aliphatic carbocycles. The number of pyridine rings is 1. The zero-order valence-electron chi connectivity index (χ0n) is 12.9. The van der Waals surface area contributed by atoms with Gasteiger partial charge in [0.1, 0.15) is 0 Å². The van der Waals surface area contributed by atoms with Crippen LogP contribution >= 0.6 is 11.3 Å². The van der Waals surface area contributed by atoms with E-state index in [0.29, 0.717) is 0 Å². The molecule has 1 aliphatic rings. The van der Waals surface area contributed by atoms with E-state index in [0.717, 1.165) is 25.1 Å². The molecule has 1 radical (unpaired) electrons. The van der Waals surface area contributed by atoms with Gasteiger partial charge in [0.25, 0.3) is 0 Å². The van der Waals surface area contributed by atoms with E-state index in [2.05, 4.69) is 56.9 Å². The monoisotopic (exact) mass is 295 g/mol. The Morgan fingerprint density at radius 3 is 2.81 bits per heavy atom. The van der Waals surface area contributed by atoms with E-state index in [1.54, 1.807) is 11.3 Å². The van der Waals surface area contributed by atoms with Crippen LogP contribution < -0.4 is 10.8 Å². The average Bonchev–Trinajstić information content (AvgIpc) is 3.13. The van der Waals surface area contributed by atoms with Gasteiger partial charge in [-0.3, -0.25) is 4.98 Å². The summed E-state index contributed by atoms with van der Waals surface area (Å²) in [7, 11) is 2.30. The third-order valence-corrected chi connectivity index (χ3v) is 4.92. The maximum absolute atomic E-state index is 4.83. The summed E-state index contributed by atoms with van der Waals surface area (Å²) >= 11 is 1.79. The molecular formula is C17H20BN2S. The van der Waals surface area contributed by atoms with Crippen molar-refractivity contribution in [2.75, 3.05) is 5.32 Å². The predicted octanol–water partition coefficient (Wildman–Crippen LogP) is 3.80. The van der Waals surface area contributed by atoms with E-state index in [1.165, 1.54) is 32.8 Å². The van der Waals surface area contributed by atoms with Crippen molar-refractivity contribution < 1.29 is 0 Å². The number of hydrogen-bond acceptors (Lipinski definition) is 3. The van der Waals surface area contributed by atoms with Gasteiger partial charge in [-0.2, -0.15) is 0 Å². The maximum Gasteiger partial charge on any atom is 0.191 e. The lowest BCUT2D eigenvalue weighted by molar-refractivity contribution is 1.02. The summed E-state index contributed by atoms with van der Waals surface area (Å²) in [5, 5.41) is 5.72. The van der Waals surface area contributed by atoms with E-state index < -0.39 is 0 Å². The van der Waals surface area contributed by atoms with Crippen LogP contribution in [0.3, 0.4) is 0 Å². The molecule has 2 aromatic heterocycles. The van der Waals surface area contributed by atoms with E-state index in [9.17, 15) is 0 Å². The summed E-state index contributed by atoms with van der Waals surface area (Å²) in [5.41, 5.74) is 7.55. The molecule has 0 atom stereocenters. The molecule has 0 fully saturated rings. The fourth-order valence-corrected chi connectivity index (χ4v) is 3.41. The number of thiophene rings is 1. The quantitative estimate of drug-likeness (QED) is 0.849. The number of aryl methyl sites for hydroxylation is 1. The van der Waals surface area contributed by atoms with Crippen LogP contribution in [0.25, 0.3) is 5.57 Å². The molecule has 0 amide bonds. The number of nitrogens with one attached hydrogen (secondary N) is 1. The number of fused-ring (bicyclic) bond motifs is 1. The topological polar surface area (TPSA) is 24.9 Å². The van der Waals surface area contributed by atoms with Crippen molar-refractivity contribution >= 4 is 35.3 Å². The van der Waals surface area contributed by atoms with Crippen LogP contribution in [0.15, 0.2) is 29.1 Å². The summed E-state index contributed by atoms with van der Waals surface area (Å²) in [6.07, 6.45) is 2.03. The number of rotatable bonds is 5. The molecule has 2 aromatic rings. The first-order valence-corrected chi connectivity index (χ1v) is 8.46. The second kappa shape index (κ2) is 6.06. The minimum absolute atomic E-state index is 0.881.